The molecule has 0 aliphatic heterocycles. The Bertz CT molecular complexity index is 256. The summed E-state index contributed by atoms with van der Waals surface area (Å²) in [4.78, 5) is 12.0. The third-order valence-corrected chi connectivity index (χ3v) is 3.71. The van der Waals surface area contributed by atoms with Gasteiger partial charge in [0.05, 0.1) is 0 Å². The van der Waals surface area contributed by atoms with E-state index in [0.717, 1.165) is 31.6 Å². The standard InChI is InChI=1S/C13H21NO/c1-3-4-5-12(15)13(10-14)8-6-11(2)7-9-13/h1,11H,4-10,14H2,2H3. The van der Waals surface area contributed by atoms with Crippen LogP contribution in [0.5, 0.6) is 0 Å². The van der Waals surface area contributed by atoms with Crippen LogP contribution in [-0.4, -0.2) is 12.3 Å². The Kier molecular flexibility index (Phi) is 4.35. The van der Waals surface area contributed by atoms with Gasteiger partial charge >= 0.3 is 0 Å². The number of carbonyl (C=O) groups is 1. The Balaban J connectivity index is 2.60. The molecule has 1 fully saturated rings. The zero-order valence-corrected chi connectivity index (χ0v) is 9.59. The molecule has 1 saturated carbocycles. The topological polar surface area (TPSA) is 43.1 Å². The number of ketones is 1. The van der Waals surface area contributed by atoms with Crippen molar-refractivity contribution in [2.24, 2.45) is 17.1 Å². The van der Waals surface area contributed by atoms with E-state index in [-0.39, 0.29) is 11.2 Å². The lowest BCUT2D eigenvalue weighted by molar-refractivity contribution is -0.130. The number of hydrogen-bond donors (Lipinski definition) is 1. The molecule has 1 aliphatic carbocycles. The molecular weight excluding hydrogens is 186 g/mol. The average molecular weight is 207 g/mol. The van der Waals surface area contributed by atoms with Gasteiger partial charge in [0.1, 0.15) is 5.78 Å². The number of nitrogens with two attached hydrogens (primary N) is 1. The molecule has 1 rings (SSSR count). The Morgan fingerprint density at radius 2 is 2.13 bits per heavy atom. The molecule has 1 aliphatic rings. The van der Waals surface area contributed by atoms with Crippen molar-refractivity contribution in [3.8, 4) is 12.3 Å². The van der Waals surface area contributed by atoms with Crippen molar-refractivity contribution in [1.29, 1.82) is 0 Å². The lowest BCUT2D eigenvalue weighted by Crippen LogP contribution is -2.41. The predicted octanol–water partition coefficient (Wildman–Crippen LogP) is 2.12. The van der Waals surface area contributed by atoms with Crippen LogP contribution in [0.3, 0.4) is 0 Å². The lowest BCUT2D eigenvalue weighted by atomic mass is 9.67. The van der Waals surface area contributed by atoms with E-state index in [4.69, 9.17) is 12.2 Å². The second kappa shape index (κ2) is 5.32. The maximum absolute atomic E-state index is 12.0. The summed E-state index contributed by atoms with van der Waals surface area (Å²) in [5.41, 5.74) is 5.54. The Morgan fingerprint density at radius 1 is 1.53 bits per heavy atom. The minimum atomic E-state index is -0.247. The number of hydrogen-bond acceptors (Lipinski definition) is 2. The molecule has 0 atom stereocenters. The van der Waals surface area contributed by atoms with Crippen molar-refractivity contribution >= 4 is 5.78 Å². The summed E-state index contributed by atoms with van der Waals surface area (Å²) in [6.45, 7) is 2.73. The molecular formula is C13H21NO. The highest BCUT2D eigenvalue weighted by molar-refractivity contribution is 5.85. The summed E-state index contributed by atoms with van der Waals surface area (Å²) in [5.74, 6) is 3.55. The summed E-state index contributed by atoms with van der Waals surface area (Å²) in [6.07, 6.45) is 10.4. The highest BCUT2D eigenvalue weighted by Crippen LogP contribution is 2.39. The Labute approximate surface area is 92.6 Å². The van der Waals surface area contributed by atoms with Crippen molar-refractivity contribution < 1.29 is 4.79 Å². The van der Waals surface area contributed by atoms with E-state index in [1.807, 2.05) is 0 Å². The average Bonchev–Trinajstić information content (AvgIpc) is 2.27. The molecule has 2 N–H and O–H groups in total. The van der Waals surface area contributed by atoms with E-state index < -0.39 is 0 Å². The molecule has 0 amide bonds. The van der Waals surface area contributed by atoms with E-state index in [2.05, 4.69) is 12.8 Å². The molecule has 0 unspecified atom stereocenters. The smallest absolute Gasteiger partial charge is 0.141 e. The molecule has 0 spiro atoms. The third kappa shape index (κ3) is 2.82. The van der Waals surface area contributed by atoms with Crippen LogP contribution in [0.15, 0.2) is 0 Å². The van der Waals surface area contributed by atoms with Crippen LogP contribution in [0.25, 0.3) is 0 Å². The monoisotopic (exact) mass is 207 g/mol. The second-order valence-corrected chi connectivity index (χ2v) is 4.79. The van der Waals surface area contributed by atoms with E-state index >= 15 is 0 Å². The van der Waals surface area contributed by atoms with Crippen LogP contribution < -0.4 is 5.73 Å². The normalized spacial score (nSPS) is 30.9. The summed E-state index contributed by atoms with van der Waals surface area (Å²) >= 11 is 0. The first-order chi connectivity index (χ1) is 7.14. The molecule has 15 heavy (non-hydrogen) atoms. The second-order valence-electron chi connectivity index (χ2n) is 4.79. The van der Waals surface area contributed by atoms with Crippen molar-refractivity contribution in [2.45, 2.75) is 45.4 Å². The SMILES string of the molecule is C#CCCC(=O)C1(CN)CCC(C)CC1. The van der Waals surface area contributed by atoms with Crippen LogP contribution in [-0.2, 0) is 4.79 Å². The van der Waals surface area contributed by atoms with Gasteiger partial charge in [0.25, 0.3) is 0 Å². The van der Waals surface area contributed by atoms with E-state index in [1.165, 1.54) is 0 Å². The van der Waals surface area contributed by atoms with E-state index in [0.29, 0.717) is 19.4 Å². The molecule has 2 nitrogen and oxygen atoms in total. The number of rotatable bonds is 4. The van der Waals surface area contributed by atoms with Gasteiger partial charge in [-0.1, -0.05) is 6.92 Å². The van der Waals surface area contributed by atoms with E-state index in [1.54, 1.807) is 0 Å². The van der Waals surface area contributed by atoms with Crippen molar-refractivity contribution in [2.75, 3.05) is 6.54 Å². The van der Waals surface area contributed by atoms with Gasteiger partial charge in [-0.25, -0.2) is 0 Å². The summed E-state index contributed by atoms with van der Waals surface area (Å²) in [7, 11) is 0. The maximum Gasteiger partial charge on any atom is 0.141 e. The number of terminal acetylenes is 1. The zero-order chi connectivity index (χ0) is 11.3. The van der Waals surface area contributed by atoms with Crippen LogP contribution >= 0.6 is 0 Å². The van der Waals surface area contributed by atoms with Gasteiger partial charge in [-0.2, -0.15) is 0 Å². The molecule has 0 bridgehead atoms. The van der Waals surface area contributed by atoms with Crippen LogP contribution in [0, 0.1) is 23.7 Å². The Morgan fingerprint density at radius 3 is 2.60 bits per heavy atom. The van der Waals surface area contributed by atoms with Gasteiger partial charge in [-0.3, -0.25) is 4.79 Å². The van der Waals surface area contributed by atoms with Crippen molar-refractivity contribution in [3.63, 3.8) is 0 Å². The first-order valence-electron chi connectivity index (χ1n) is 5.81. The minimum absolute atomic E-state index is 0.247. The van der Waals surface area contributed by atoms with Crippen molar-refractivity contribution in [3.05, 3.63) is 0 Å². The first kappa shape index (κ1) is 12.3. The molecule has 0 aromatic heterocycles. The fourth-order valence-electron chi connectivity index (χ4n) is 2.36. The summed E-state index contributed by atoms with van der Waals surface area (Å²) < 4.78 is 0. The van der Waals surface area contributed by atoms with Crippen LogP contribution in [0.1, 0.15) is 45.4 Å². The number of carbonyl (C=O) groups excluding carboxylic acids is 1. The van der Waals surface area contributed by atoms with Crippen LogP contribution in [0.4, 0.5) is 0 Å². The van der Waals surface area contributed by atoms with Gasteiger partial charge in [-0.05, 0) is 31.6 Å². The van der Waals surface area contributed by atoms with Crippen LogP contribution in [0.2, 0.25) is 0 Å². The molecule has 0 radical (unpaired) electrons. The summed E-state index contributed by atoms with van der Waals surface area (Å²) in [6, 6.07) is 0. The van der Waals surface area contributed by atoms with Crippen molar-refractivity contribution in [1.82, 2.24) is 0 Å². The highest BCUT2D eigenvalue weighted by Gasteiger charge is 2.38. The van der Waals surface area contributed by atoms with Gasteiger partial charge in [-0.15, -0.1) is 12.3 Å². The van der Waals surface area contributed by atoms with Gasteiger partial charge in [0.2, 0.25) is 0 Å². The lowest BCUT2D eigenvalue weighted by Gasteiger charge is -2.37. The maximum atomic E-state index is 12.0. The first-order valence-corrected chi connectivity index (χ1v) is 5.81. The van der Waals surface area contributed by atoms with Gasteiger partial charge < -0.3 is 5.73 Å². The molecule has 0 aromatic rings. The highest BCUT2D eigenvalue weighted by atomic mass is 16.1. The molecule has 0 saturated heterocycles. The quantitative estimate of drug-likeness (QED) is 0.718. The Hall–Kier alpha value is -0.810. The number of Topliss-reactive ketones (excluding diaryl/α,β-unsaturated/α-hetero) is 1. The molecule has 0 aromatic carbocycles. The summed E-state index contributed by atoms with van der Waals surface area (Å²) in [5, 5.41) is 0. The fourth-order valence-corrected chi connectivity index (χ4v) is 2.36. The fraction of sp³-hybridized carbons (Fsp3) is 0.769. The molecule has 0 heterocycles. The van der Waals surface area contributed by atoms with Gasteiger partial charge in [0.15, 0.2) is 0 Å². The molecule has 84 valence electrons. The minimum Gasteiger partial charge on any atom is -0.329 e. The predicted molar refractivity (Wildman–Crippen MR) is 62.2 cm³/mol. The van der Waals surface area contributed by atoms with E-state index in [9.17, 15) is 4.79 Å². The zero-order valence-electron chi connectivity index (χ0n) is 9.59. The third-order valence-electron chi connectivity index (χ3n) is 3.71. The van der Waals surface area contributed by atoms with Gasteiger partial charge in [0, 0.05) is 24.8 Å². The molecule has 2 heteroatoms. The largest absolute Gasteiger partial charge is 0.329 e.